The number of aromatic amines is 1. The van der Waals surface area contributed by atoms with Crippen molar-refractivity contribution in [3.05, 3.63) is 52.6 Å². The summed E-state index contributed by atoms with van der Waals surface area (Å²) in [6.07, 6.45) is 4.40. The van der Waals surface area contributed by atoms with Crippen molar-refractivity contribution in [1.82, 2.24) is 29.6 Å². The Balaban J connectivity index is 1.28. The molecule has 0 aliphatic carbocycles. The van der Waals surface area contributed by atoms with E-state index < -0.39 is 0 Å². The average molecular weight is 380 g/mol. The van der Waals surface area contributed by atoms with Gasteiger partial charge >= 0.3 is 0 Å². The molecule has 1 aliphatic rings. The lowest BCUT2D eigenvalue weighted by atomic mass is 9.96. The topological polar surface area (TPSA) is 96.8 Å². The molecule has 0 unspecified atom stereocenters. The molecule has 4 rings (SSSR count). The maximum atomic E-state index is 12.5. The van der Waals surface area contributed by atoms with Crippen LogP contribution < -0.4 is 5.56 Å². The van der Waals surface area contributed by atoms with Crippen molar-refractivity contribution in [3.8, 4) is 0 Å². The van der Waals surface area contributed by atoms with Gasteiger partial charge in [-0.3, -0.25) is 19.3 Å². The Morgan fingerprint density at radius 2 is 2.04 bits per heavy atom. The summed E-state index contributed by atoms with van der Waals surface area (Å²) in [5.74, 6) is 2.14. The standard InChI is InChI=1S/C20H24N6O2/c1-14-22-19(24-23-14)15-8-11-25(12-9-15)18(27)7-4-10-26-13-21-17-6-3-2-5-16(17)20(26)28/h2-3,5-6,13,15H,4,7-12H2,1H3,(H,22,23,24). The van der Waals surface area contributed by atoms with Gasteiger partial charge in [0.25, 0.3) is 5.56 Å². The first-order valence-corrected chi connectivity index (χ1v) is 9.72. The molecule has 1 N–H and O–H groups in total. The van der Waals surface area contributed by atoms with Crippen molar-refractivity contribution in [2.75, 3.05) is 13.1 Å². The second-order valence-corrected chi connectivity index (χ2v) is 7.30. The molecule has 2 aromatic heterocycles. The molecule has 1 amide bonds. The number of para-hydroxylation sites is 1. The number of piperidine rings is 1. The molecule has 8 heteroatoms. The predicted octanol–water partition coefficient (Wildman–Crippen LogP) is 2.01. The van der Waals surface area contributed by atoms with Crippen molar-refractivity contribution in [2.45, 2.75) is 45.1 Å². The smallest absolute Gasteiger partial charge is 0.261 e. The minimum absolute atomic E-state index is 0.0549. The second kappa shape index (κ2) is 7.92. The van der Waals surface area contributed by atoms with Crippen LogP contribution in [-0.2, 0) is 11.3 Å². The first-order chi connectivity index (χ1) is 13.6. The lowest BCUT2D eigenvalue weighted by Crippen LogP contribution is -2.38. The Kier molecular flexibility index (Phi) is 5.18. The van der Waals surface area contributed by atoms with Gasteiger partial charge < -0.3 is 4.90 Å². The summed E-state index contributed by atoms with van der Waals surface area (Å²) in [4.78, 5) is 35.7. The van der Waals surface area contributed by atoms with E-state index in [-0.39, 0.29) is 11.5 Å². The van der Waals surface area contributed by atoms with E-state index in [1.54, 1.807) is 17.0 Å². The highest BCUT2D eigenvalue weighted by Crippen LogP contribution is 2.25. The van der Waals surface area contributed by atoms with Crippen LogP contribution in [-0.4, -0.2) is 48.6 Å². The molecule has 146 valence electrons. The summed E-state index contributed by atoms with van der Waals surface area (Å²) < 4.78 is 1.59. The molecule has 0 spiro atoms. The summed E-state index contributed by atoms with van der Waals surface area (Å²) in [5.41, 5.74) is 0.643. The normalized spacial score (nSPS) is 15.2. The SMILES string of the molecule is Cc1nc(C2CCN(C(=O)CCCn3cnc4ccccc4c3=O)CC2)n[nH]1. The zero-order chi connectivity index (χ0) is 19.5. The van der Waals surface area contributed by atoms with Crippen LogP contribution in [0.25, 0.3) is 10.9 Å². The molecule has 0 radical (unpaired) electrons. The van der Waals surface area contributed by atoms with E-state index in [0.29, 0.717) is 36.2 Å². The average Bonchev–Trinajstić information content (AvgIpc) is 3.16. The molecule has 1 aliphatic heterocycles. The van der Waals surface area contributed by atoms with E-state index >= 15 is 0 Å². The van der Waals surface area contributed by atoms with Gasteiger partial charge in [0.2, 0.25) is 5.91 Å². The van der Waals surface area contributed by atoms with E-state index in [1.165, 1.54) is 0 Å². The number of hydrogen-bond acceptors (Lipinski definition) is 5. The van der Waals surface area contributed by atoms with E-state index in [4.69, 9.17) is 0 Å². The van der Waals surface area contributed by atoms with E-state index in [9.17, 15) is 9.59 Å². The maximum absolute atomic E-state index is 12.5. The first kappa shape index (κ1) is 18.3. The van der Waals surface area contributed by atoms with Crippen molar-refractivity contribution in [1.29, 1.82) is 0 Å². The summed E-state index contributed by atoms with van der Waals surface area (Å²) >= 11 is 0. The molecule has 3 aromatic rings. The van der Waals surface area contributed by atoms with E-state index in [2.05, 4.69) is 20.2 Å². The van der Waals surface area contributed by atoms with Crippen molar-refractivity contribution < 1.29 is 4.79 Å². The number of carbonyl (C=O) groups excluding carboxylic acids is 1. The van der Waals surface area contributed by atoms with Crippen LogP contribution in [0.1, 0.15) is 43.3 Å². The van der Waals surface area contributed by atoms with Crippen LogP contribution in [0.15, 0.2) is 35.4 Å². The van der Waals surface area contributed by atoms with Crippen molar-refractivity contribution in [2.24, 2.45) is 0 Å². The maximum Gasteiger partial charge on any atom is 0.261 e. The zero-order valence-corrected chi connectivity index (χ0v) is 16.0. The molecule has 1 fully saturated rings. The predicted molar refractivity (Wildman–Crippen MR) is 105 cm³/mol. The van der Waals surface area contributed by atoms with Gasteiger partial charge in [0.1, 0.15) is 5.82 Å². The van der Waals surface area contributed by atoms with Gasteiger partial charge in [-0.1, -0.05) is 12.1 Å². The van der Waals surface area contributed by atoms with Crippen LogP contribution in [0, 0.1) is 6.92 Å². The number of fused-ring (bicyclic) bond motifs is 1. The summed E-state index contributed by atoms with van der Waals surface area (Å²) in [7, 11) is 0. The Hall–Kier alpha value is -3.03. The first-order valence-electron chi connectivity index (χ1n) is 9.72. The molecule has 0 atom stereocenters. The summed E-state index contributed by atoms with van der Waals surface area (Å²) in [5, 5.41) is 7.74. The Bertz CT molecular complexity index is 1030. The highest BCUT2D eigenvalue weighted by atomic mass is 16.2. The molecule has 3 heterocycles. The van der Waals surface area contributed by atoms with Gasteiger partial charge in [0.05, 0.1) is 17.2 Å². The molecular weight excluding hydrogens is 356 g/mol. The van der Waals surface area contributed by atoms with Crippen molar-refractivity contribution in [3.63, 3.8) is 0 Å². The molecule has 28 heavy (non-hydrogen) atoms. The largest absolute Gasteiger partial charge is 0.343 e. The summed E-state index contributed by atoms with van der Waals surface area (Å²) in [6.45, 7) is 3.85. The van der Waals surface area contributed by atoms with Gasteiger partial charge in [-0.15, -0.1) is 0 Å². The minimum atomic E-state index is -0.0549. The third-order valence-electron chi connectivity index (χ3n) is 5.35. The molecular formula is C20H24N6O2. The fourth-order valence-electron chi connectivity index (χ4n) is 3.75. The Morgan fingerprint density at radius 1 is 1.25 bits per heavy atom. The number of benzene rings is 1. The lowest BCUT2D eigenvalue weighted by molar-refractivity contribution is -0.132. The molecule has 1 aromatic carbocycles. The Labute approximate surface area is 162 Å². The highest BCUT2D eigenvalue weighted by Gasteiger charge is 2.25. The lowest BCUT2D eigenvalue weighted by Gasteiger charge is -2.30. The second-order valence-electron chi connectivity index (χ2n) is 7.30. The third kappa shape index (κ3) is 3.81. The van der Waals surface area contributed by atoms with Crippen LogP contribution in [0.3, 0.4) is 0 Å². The van der Waals surface area contributed by atoms with Gasteiger partial charge in [-0.05, 0) is 38.3 Å². The van der Waals surface area contributed by atoms with Crippen LogP contribution >= 0.6 is 0 Å². The van der Waals surface area contributed by atoms with Gasteiger partial charge in [-0.25, -0.2) is 9.97 Å². The molecule has 1 saturated heterocycles. The van der Waals surface area contributed by atoms with Gasteiger partial charge in [0, 0.05) is 32.0 Å². The number of likely N-dealkylation sites (tertiary alicyclic amines) is 1. The number of carbonyl (C=O) groups is 1. The highest BCUT2D eigenvalue weighted by molar-refractivity contribution is 5.77. The van der Waals surface area contributed by atoms with Crippen LogP contribution in [0.5, 0.6) is 0 Å². The number of nitrogens with zero attached hydrogens (tertiary/aromatic N) is 5. The number of H-pyrrole nitrogens is 1. The number of rotatable bonds is 5. The van der Waals surface area contributed by atoms with Gasteiger partial charge in [-0.2, -0.15) is 5.10 Å². The number of aryl methyl sites for hydroxylation is 2. The number of hydrogen-bond donors (Lipinski definition) is 1. The number of amides is 1. The Morgan fingerprint density at radius 3 is 2.79 bits per heavy atom. The molecule has 0 saturated carbocycles. The quantitative estimate of drug-likeness (QED) is 0.730. The van der Waals surface area contributed by atoms with E-state index in [1.807, 2.05) is 30.0 Å². The van der Waals surface area contributed by atoms with Crippen molar-refractivity contribution >= 4 is 16.8 Å². The van der Waals surface area contributed by atoms with Crippen LogP contribution in [0.2, 0.25) is 0 Å². The zero-order valence-electron chi connectivity index (χ0n) is 16.0. The number of nitrogens with one attached hydrogen (secondary N) is 1. The van der Waals surface area contributed by atoms with E-state index in [0.717, 1.165) is 37.6 Å². The monoisotopic (exact) mass is 380 g/mol. The fourth-order valence-corrected chi connectivity index (χ4v) is 3.75. The fraction of sp³-hybridized carbons (Fsp3) is 0.450. The molecule has 0 bridgehead atoms. The van der Waals surface area contributed by atoms with Gasteiger partial charge in [0.15, 0.2) is 5.82 Å². The summed E-state index contributed by atoms with van der Waals surface area (Å²) in [6, 6.07) is 7.31. The number of aromatic nitrogens is 5. The third-order valence-corrected chi connectivity index (χ3v) is 5.35. The molecule has 8 nitrogen and oxygen atoms in total. The minimum Gasteiger partial charge on any atom is -0.343 e. The van der Waals surface area contributed by atoms with Crippen LogP contribution in [0.4, 0.5) is 0 Å².